The summed E-state index contributed by atoms with van der Waals surface area (Å²) in [6.45, 7) is 5.05. The maximum atomic E-state index is 11.4. The predicted molar refractivity (Wildman–Crippen MR) is 53.7 cm³/mol. The molecule has 4 nitrogen and oxygen atoms in total. The third kappa shape index (κ3) is 1.55. The monoisotopic (exact) mass is 194 g/mol. The van der Waals surface area contributed by atoms with E-state index in [2.05, 4.69) is 10.3 Å². The first-order chi connectivity index (χ1) is 6.49. The quantitative estimate of drug-likeness (QED) is 0.695. The lowest BCUT2D eigenvalue weighted by Crippen LogP contribution is -2.19. The number of H-pyrrole nitrogens is 1. The Labute approximate surface area is 82.7 Å². The van der Waals surface area contributed by atoms with Gasteiger partial charge in [0.15, 0.2) is 5.78 Å². The summed E-state index contributed by atoms with van der Waals surface area (Å²) in [5, 5.41) is 2.52. The highest BCUT2D eigenvalue weighted by molar-refractivity contribution is 6.02. The van der Waals surface area contributed by atoms with Crippen LogP contribution in [0, 0.1) is 13.8 Å². The van der Waals surface area contributed by atoms with Crippen molar-refractivity contribution in [2.24, 2.45) is 0 Å². The summed E-state index contributed by atoms with van der Waals surface area (Å²) in [5.41, 5.74) is 2.54. The molecular weight excluding hydrogens is 180 g/mol. The first-order valence-corrected chi connectivity index (χ1v) is 4.41. The van der Waals surface area contributed by atoms with Crippen LogP contribution in [-0.2, 0) is 0 Å². The molecule has 0 aliphatic heterocycles. The molecule has 0 saturated carbocycles. The molecule has 0 aliphatic carbocycles. The molecule has 0 spiro atoms. The largest absolute Gasteiger partial charge is 0.354 e. The fourth-order valence-electron chi connectivity index (χ4n) is 1.63. The van der Waals surface area contributed by atoms with Crippen molar-refractivity contribution in [3.05, 3.63) is 22.5 Å². The fraction of sp³-hybridized carbons (Fsp3) is 0.400. The van der Waals surface area contributed by atoms with Crippen LogP contribution in [0.25, 0.3) is 0 Å². The van der Waals surface area contributed by atoms with E-state index in [0.717, 1.165) is 5.69 Å². The maximum Gasteiger partial charge on any atom is 0.267 e. The molecule has 0 atom stereocenters. The van der Waals surface area contributed by atoms with Gasteiger partial charge in [-0.2, -0.15) is 0 Å². The number of aryl methyl sites for hydroxylation is 1. The zero-order valence-electron chi connectivity index (χ0n) is 8.82. The average molecular weight is 194 g/mol. The molecule has 0 fully saturated rings. The molecule has 0 aromatic carbocycles. The Hall–Kier alpha value is -1.58. The van der Waals surface area contributed by atoms with Gasteiger partial charge in [0.25, 0.3) is 5.91 Å². The number of aromatic nitrogens is 1. The van der Waals surface area contributed by atoms with Crippen LogP contribution < -0.4 is 5.32 Å². The van der Waals surface area contributed by atoms with Gasteiger partial charge in [-0.05, 0) is 26.3 Å². The van der Waals surface area contributed by atoms with Crippen molar-refractivity contribution in [2.45, 2.75) is 20.8 Å². The third-order valence-electron chi connectivity index (χ3n) is 2.24. The molecule has 0 radical (unpaired) electrons. The first kappa shape index (κ1) is 10.5. The zero-order chi connectivity index (χ0) is 10.9. The summed E-state index contributed by atoms with van der Waals surface area (Å²) in [4.78, 5) is 25.5. The highest BCUT2D eigenvalue weighted by Crippen LogP contribution is 2.17. The molecule has 1 aromatic rings. The molecule has 0 bridgehead atoms. The Bertz CT molecular complexity index is 391. The fourth-order valence-corrected chi connectivity index (χ4v) is 1.63. The SMILES string of the molecule is CNC(=O)c1[nH]c(C)c(C(C)=O)c1C. The Kier molecular flexibility index (Phi) is 2.74. The molecule has 2 N–H and O–H groups in total. The van der Waals surface area contributed by atoms with Crippen molar-refractivity contribution in [3.8, 4) is 0 Å². The standard InChI is InChI=1S/C10H14N2O2/c1-5-8(7(3)13)6(2)12-9(5)10(14)11-4/h12H,1-4H3,(H,11,14). The molecule has 0 saturated heterocycles. The Morgan fingerprint density at radius 2 is 1.86 bits per heavy atom. The van der Waals surface area contributed by atoms with Crippen molar-refractivity contribution in [3.63, 3.8) is 0 Å². The van der Waals surface area contributed by atoms with Crippen LogP contribution in [0.3, 0.4) is 0 Å². The van der Waals surface area contributed by atoms with E-state index < -0.39 is 0 Å². The summed E-state index contributed by atoms with van der Waals surface area (Å²) in [5.74, 6) is -0.218. The highest BCUT2D eigenvalue weighted by atomic mass is 16.2. The molecular formula is C10H14N2O2. The number of Topliss-reactive ketones (excluding diaryl/α,β-unsaturated/α-hetero) is 1. The van der Waals surface area contributed by atoms with Gasteiger partial charge in [-0.15, -0.1) is 0 Å². The molecule has 0 unspecified atom stereocenters. The maximum absolute atomic E-state index is 11.4. The van der Waals surface area contributed by atoms with Gasteiger partial charge in [0.05, 0.1) is 0 Å². The lowest BCUT2D eigenvalue weighted by Gasteiger charge is -1.98. The Morgan fingerprint density at radius 1 is 1.29 bits per heavy atom. The minimum Gasteiger partial charge on any atom is -0.354 e. The normalized spacial score (nSPS) is 10.0. The van der Waals surface area contributed by atoms with Crippen LogP contribution in [0.5, 0.6) is 0 Å². The van der Waals surface area contributed by atoms with E-state index in [1.807, 2.05) is 0 Å². The van der Waals surface area contributed by atoms with E-state index in [1.54, 1.807) is 20.9 Å². The van der Waals surface area contributed by atoms with Gasteiger partial charge in [-0.1, -0.05) is 0 Å². The van der Waals surface area contributed by atoms with Gasteiger partial charge < -0.3 is 10.3 Å². The summed E-state index contributed by atoms with van der Waals surface area (Å²) in [7, 11) is 1.56. The van der Waals surface area contributed by atoms with E-state index in [0.29, 0.717) is 16.8 Å². The number of nitrogens with one attached hydrogen (secondary N) is 2. The van der Waals surface area contributed by atoms with Crippen LogP contribution in [-0.4, -0.2) is 23.7 Å². The topological polar surface area (TPSA) is 62.0 Å². The molecule has 0 aliphatic rings. The highest BCUT2D eigenvalue weighted by Gasteiger charge is 2.18. The summed E-state index contributed by atoms with van der Waals surface area (Å²) in [6, 6.07) is 0. The van der Waals surface area contributed by atoms with E-state index in [-0.39, 0.29) is 11.7 Å². The number of carbonyl (C=O) groups is 2. The summed E-state index contributed by atoms with van der Waals surface area (Å²) >= 11 is 0. The van der Waals surface area contributed by atoms with Crippen LogP contribution >= 0.6 is 0 Å². The van der Waals surface area contributed by atoms with Crippen LogP contribution in [0.2, 0.25) is 0 Å². The zero-order valence-corrected chi connectivity index (χ0v) is 8.82. The number of amides is 1. The first-order valence-electron chi connectivity index (χ1n) is 4.41. The van der Waals surface area contributed by atoms with Crippen LogP contribution in [0.4, 0.5) is 0 Å². The predicted octanol–water partition coefficient (Wildman–Crippen LogP) is 1.19. The minimum absolute atomic E-state index is 0.0218. The van der Waals surface area contributed by atoms with Crippen LogP contribution in [0.15, 0.2) is 0 Å². The molecule has 1 rings (SSSR count). The van der Waals surface area contributed by atoms with Gasteiger partial charge in [-0.3, -0.25) is 9.59 Å². The van der Waals surface area contributed by atoms with Gasteiger partial charge >= 0.3 is 0 Å². The van der Waals surface area contributed by atoms with Crippen LogP contribution in [0.1, 0.15) is 39.0 Å². The van der Waals surface area contributed by atoms with E-state index in [4.69, 9.17) is 0 Å². The van der Waals surface area contributed by atoms with E-state index >= 15 is 0 Å². The number of carbonyl (C=O) groups excluding carboxylic acids is 2. The third-order valence-corrected chi connectivity index (χ3v) is 2.24. The van der Waals surface area contributed by atoms with E-state index in [1.165, 1.54) is 6.92 Å². The van der Waals surface area contributed by atoms with E-state index in [9.17, 15) is 9.59 Å². The van der Waals surface area contributed by atoms with Crippen molar-refractivity contribution in [1.29, 1.82) is 0 Å². The number of rotatable bonds is 2. The smallest absolute Gasteiger partial charge is 0.267 e. The van der Waals surface area contributed by atoms with Gasteiger partial charge in [0.1, 0.15) is 5.69 Å². The minimum atomic E-state index is -0.196. The summed E-state index contributed by atoms with van der Waals surface area (Å²) < 4.78 is 0. The van der Waals surface area contributed by atoms with Crippen molar-refractivity contribution in [1.82, 2.24) is 10.3 Å². The second kappa shape index (κ2) is 3.65. The Morgan fingerprint density at radius 3 is 2.21 bits per heavy atom. The van der Waals surface area contributed by atoms with Gasteiger partial charge in [0, 0.05) is 18.3 Å². The number of ketones is 1. The second-order valence-corrected chi connectivity index (χ2v) is 3.26. The average Bonchev–Trinajstić information content (AvgIpc) is 2.40. The summed E-state index contributed by atoms with van der Waals surface area (Å²) in [6.07, 6.45) is 0. The molecule has 76 valence electrons. The molecule has 14 heavy (non-hydrogen) atoms. The van der Waals surface area contributed by atoms with Gasteiger partial charge in [0.2, 0.25) is 0 Å². The lowest BCUT2D eigenvalue weighted by molar-refractivity contribution is 0.0958. The molecule has 1 heterocycles. The molecule has 1 amide bonds. The van der Waals surface area contributed by atoms with Gasteiger partial charge in [-0.25, -0.2) is 0 Å². The van der Waals surface area contributed by atoms with Crippen molar-refractivity contribution < 1.29 is 9.59 Å². The lowest BCUT2D eigenvalue weighted by atomic mass is 10.1. The number of hydrogen-bond donors (Lipinski definition) is 2. The molecule has 4 heteroatoms. The number of hydrogen-bond acceptors (Lipinski definition) is 2. The van der Waals surface area contributed by atoms with Crippen molar-refractivity contribution in [2.75, 3.05) is 7.05 Å². The van der Waals surface area contributed by atoms with Crippen molar-refractivity contribution >= 4 is 11.7 Å². The Balaban J connectivity index is 3.30. The second-order valence-electron chi connectivity index (χ2n) is 3.26. The number of aromatic amines is 1. The molecule has 1 aromatic heterocycles.